The van der Waals surface area contributed by atoms with Crippen molar-refractivity contribution in [3.05, 3.63) is 85.5 Å². The van der Waals surface area contributed by atoms with Crippen LogP contribution in [0.2, 0.25) is 5.02 Å². The number of halogens is 1. The summed E-state index contributed by atoms with van der Waals surface area (Å²) in [6, 6.07) is 15.7. The molecule has 0 aliphatic carbocycles. The maximum atomic E-state index is 13.6. The van der Waals surface area contributed by atoms with Crippen LogP contribution in [0.3, 0.4) is 0 Å². The van der Waals surface area contributed by atoms with Crippen molar-refractivity contribution in [2.24, 2.45) is 13.0 Å². The Balaban J connectivity index is 1.70. The smallest absolute Gasteiger partial charge is 0.312 e. The van der Waals surface area contributed by atoms with Crippen LogP contribution in [-0.2, 0) is 26.6 Å². The molecule has 5 rings (SSSR count). The zero-order valence-corrected chi connectivity index (χ0v) is 19.7. The quantitative estimate of drug-likeness (QED) is 0.459. The van der Waals surface area contributed by atoms with Gasteiger partial charge in [-0.25, -0.2) is 4.79 Å². The van der Waals surface area contributed by atoms with Gasteiger partial charge >= 0.3 is 5.69 Å². The van der Waals surface area contributed by atoms with Crippen molar-refractivity contribution < 1.29 is 0 Å². The molecule has 0 bridgehead atoms. The van der Waals surface area contributed by atoms with Crippen molar-refractivity contribution in [2.45, 2.75) is 33.4 Å². The zero-order valence-electron chi connectivity index (χ0n) is 19.0. The maximum Gasteiger partial charge on any atom is 0.332 e. The van der Waals surface area contributed by atoms with Gasteiger partial charge in [-0.3, -0.25) is 13.9 Å². The molecule has 4 aromatic rings. The number of fused-ring (bicyclic) bond motifs is 3. The van der Waals surface area contributed by atoms with Gasteiger partial charge < -0.3 is 9.47 Å². The Bertz CT molecular complexity index is 1470. The van der Waals surface area contributed by atoms with E-state index < -0.39 is 5.69 Å². The minimum atomic E-state index is -0.408. The predicted molar refractivity (Wildman–Crippen MR) is 132 cm³/mol. The van der Waals surface area contributed by atoms with E-state index in [2.05, 4.69) is 43.0 Å². The molecule has 0 spiro atoms. The van der Waals surface area contributed by atoms with Crippen molar-refractivity contribution >= 4 is 34.4 Å². The van der Waals surface area contributed by atoms with Crippen molar-refractivity contribution in [1.82, 2.24) is 18.7 Å². The van der Waals surface area contributed by atoms with Gasteiger partial charge in [-0.2, -0.15) is 4.98 Å². The average molecular weight is 464 g/mol. The molecule has 1 aliphatic rings. The number of aromatic nitrogens is 4. The molecule has 1 atom stereocenters. The van der Waals surface area contributed by atoms with E-state index in [0.717, 1.165) is 24.2 Å². The highest BCUT2D eigenvalue weighted by molar-refractivity contribution is 6.31. The van der Waals surface area contributed by atoms with Crippen LogP contribution in [0.5, 0.6) is 0 Å². The average Bonchev–Trinajstić information content (AvgIpc) is 3.20. The molecule has 7 nitrogen and oxygen atoms in total. The van der Waals surface area contributed by atoms with E-state index in [-0.39, 0.29) is 12.1 Å². The standard InChI is InChI=1S/C25H26ClN5O2/c1-4-17-9-11-19(12-10-17)29-13-16(2)14-30-21-22(27-24(29)30)28(3)25(33)31(23(21)32)15-18-7-5-6-8-20(18)26/h5-12,16H,4,13-15H2,1-3H3/t16-/m0/s1. The lowest BCUT2D eigenvalue weighted by atomic mass is 10.1. The highest BCUT2D eigenvalue weighted by atomic mass is 35.5. The second kappa shape index (κ2) is 8.23. The lowest BCUT2D eigenvalue weighted by Gasteiger charge is -2.33. The normalized spacial score (nSPS) is 15.8. The number of aryl methyl sites for hydroxylation is 2. The highest BCUT2D eigenvalue weighted by Gasteiger charge is 2.30. The molecule has 1 aliphatic heterocycles. The number of hydrogen-bond donors (Lipinski definition) is 0. The summed E-state index contributed by atoms with van der Waals surface area (Å²) in [4.78, 5) is 33.7. The molecule has 2 aromatic heterocycles. The molecule has 8 heteroatoms. The molecule has 0 fully saturated rings. The number of rotatable bonds is 4. The Morgan fingerprint density at radius 2 is 1.79 bits per heavy atom. The molecule has 0 radical (unpaired) electrons. The summed E-state index contributed by atoms with van der Waals surface area (Å²) in [7, 11) is 1.66. The first kappa shape index (κ1) is 21.5. The van der Waals surface area contributed by atoms with Crippen LogP contribution >= 0.6 is 11.6 Å². The van der Waals surface area contributed by atoms with Crippen LogP contribution in [0, 0.1) is 5.92 Å². The molecular weight excluding hydrogens is 438 g/mol. The number of hydrogen-bond acceptors (Lipinski definition) is 4. The van der Waals surface area contributed by atoms with Gasteiger partial charge in [-0.1, -0.05) is 55.8 Å². The van der Waals surface area contributed by atoms with Gasteiger partial charge in [-0.15, -0.1) is 0 Å². The highest BCUT2D eigenvalue weighted by Crippen LogP contribution is 2.33. The van der Waals surface area contributed by atoms with Gasteiger partial charge in [0.2, 0.25) is 5.95 Å². The van der Waals surface area contributed by atoms with E-state index >= 15 is 0 Å². The lowest BCUT2D eigenvalue weighted by molar-refractivity contribution is 0.458. The van der Waals surface area contributed by atoms with Crippen molar-refractivity contribution in [3.8, 4) is 0 Å². The third kappa shape index (κ3) is 3.56. The first-order chi connectivity index (χ1) is 15.9. The summed E-state index contributed by atoms with van der Waals surface area (Å²) < 4.78 is 4.67. The Hall–Kier alpha value is -3.32. The first-order valence-corrected chi connectivity index (χ1v) is 11.6. The molecule has 0 amide bonds. The van der Waals surface area contributed by atoms with Gasteiger partial charge in [-0.05, 0) is 41.7 Å². The van der Waals surface area contributed by atoms with Crippen molar-refractivity contribution in [1.29, 1.82) is 0 Å². The predicted octanol–water partition coefficient (Wildman–Crippen LogP) is 3.95. The summed E-state index contributed by atoms with van der Waals surface area (Å²) in [5.74, 6) is 0.990. The summed E-state index contributed by atoms with van der Waals surface area (Å²) >= 11 is 6.31. The number of imidazole rings is 1. The lowest BCUT2D eigenvalue weighted by Crippen LogP contribution is -2.40. The fourth-order valence-corrected chi connectivity index (χ4v) is 4.77. The number of anilines is 2. The molecule has 0 N–H and O–H groups in total. The first-order valence-electron chi connectivity index (χ1n) is 11.2. The summed E-state index contributed by atoms with van der Waals surface area (Å²) in [6.07, 6.45) is 0.974. The third-order valence-electron chi connectivity index (χ3n) is 6.38. The Morgan fingerprint density at radius 1 is 1.06 bits per heavy atom. The minimum Gasteiger partial charge on any atom is -0.312 e. The molecule has 170 valence electrons. The monoisotopic (exact) mass is 463 g/mol. The van der Waals surface area contributed by atoms with E-state index in [0.29, 0.717) is 34.6 Å². The third-order valence-corrected chi connectivity index (χ3v) is 6.75. The van der Waals surface area contributed by atoms with Crippen LogP contribution in [0.1, 0.15) is 25.0 Å². The van der Waals surface area contributed by atoms with Crippen LogP contribution in [0.25, 0.3) is 11.2 Å². The molecule has 0 saturated carbocycles. The SMILES string of the molecule is CCc1ccc(N2C[C@H](C)Cn3c2nc2c3c(=O)n(Cc3ccccc3Cl)c(=O)n2C)cc1. The Kier molecular flexibility index (Phi) is 5.37. The minimum absolute atomic E-state index is 0.110. The van der Waals surface area contributed by atoms with Crippen LogP contribution in [0.4, 0.5) is 11.6 Å². The number of benzene rings is 2. The zero-order chi connectivity index (χ0) is 23.3. The van der Waals surface area contributed by atoms with Crippen molar-refractivity contribution in [2.75, 3.05) is 11.4 Å². The Labute approximate surface area is 196 Å². The van der Waals surface area contributed by atoms with Crippen LogP contribution < -0.4 is 16.1 Å². The molecule has 33 heavy (non-hydrogen) atoms. The summed E-state index contributed by atoms with van der Waals surface area (Å²) in [6.45, 7) is 5.85. The fourth-order valence-electron chi connectivity index (χ4n) is 4.57. The summed E-state index contributed by atoms with van der Waals surface area (Å²) in [5, 5.41) is 0.525. The van der Waals surface area contributed by atoms with E-state index in [1.807, 2.05) is 22.8 Å². The van der Waals surface area contributed by atoms with Crippen LogP contribution in [-0.4, -0.2) is 25.2 Å². The van der Waals surface area contributed by atoms with Gasteiger partial charge in [0.05, 0.1) is 6.54 Å². The van der Waals surface area contributed by atoms with Gasteiger partial charge in [0.15, 0.2) is 11.2 Å². The maximum absolute atomic E-state index is 13.6. The van der Waals surface area contributed by atoms with E-state index in [9.17, 15) is 9.59 Å². The van der Waals surface area contributed by atoms with E-state index in [1.54, 1.807) is 13.1 Å². The van der Waals surface area contributed by atoms with Crippen molar-refractivity contribution in [3.63, 3.8) is 0 Å². The molecule has 0 saturated heterocycles. The fraction of sp³-hybridized carbons (Fsp3) is 0.320. The van der Waals surface area contributed by atoms with Crippen LogP contribution in [0.15, 0.2) is 58.1 Å². The van der Waals surface area contributed by atoms with Gasteiger partial charge in [0.1, 0.15) is 0 Å². The van der Waals surface area contributed by atoms with Gasteiger partial charge in [0.25, 0.3) is 5.56 Å². The van der Waals surface area contributed by atoms with E-state index in [4.69, 9.17) is 16.6 Å². The molecule has 2 aromatic carbocycles. The van der Waals surface area contributed by atoms with Gasteiger partial charge in [0, 0.05) is 30.8 Å². The Morgan fingerprint density at radius 3 is 2.48 bits per heavy atom. The molecule has 0 unspecified atom stereocenters. The topological polar surface area (TPSA) is 65.1 Å². The number of nitrogens with zero attached hydrogens (tertiary/aromatic N) is 5. The molecular formula is C25H26ClN5O2. The summed E-state index contributed by atoms with van der Waals surface area (Å²) in [5.41, 5.74) is 3.11. The van der Waals surface area contributed by atoms with E-state index in [1.165, 1.54) is 14.7 Å². The second-order valence-electron chi connectivity index (χ2n) is 8.75. The molecule has 3 heterocycles. The largest absolute Gasteiger partial charge is 0.332 e. The second-order valence-corrected chi connectivity index (χ2v) is 9.16.